The third-order valence-corrected chi connectivity index (χ3v) is 3.46. The minimum Gasteiger partial charge on any atom is -0.443 e. The summed E-state index contributed by atoms with van der Waals surface area (Å²) < 4.78 is 5.63. The Kier molecular flexibility index (Phi) is 5.60. The Morgan fingerprint density at radius 1 is 1.21 bits per heavy atom. The van der Waals surface area contributed by atoms with Crippen molar-refractivity contribution in [3.8, 4) is 0 Å². The number of aryl methyl sites for hydroxylation is 2. The maximum absolute atomic E-state index is 12.9. The Labute approximate surface area is 144 Å². The van der Waals surface area contributed by atoms with Crippen molar-refractivity contribution in [1.82, 2.24) is 4.98 Å². The van der Waals surface area contributed by atoms with Gasteiger partial charge >= 0.3 is 6.09 Å². The minimum atomic E-state index is -0.571. The summed E-state index contributed by atoms with van der Waals surface area (Å²) in [6.45, 7) is 9.70. The summed E-state index contributed by atoms with van der Waals surface area (Å²) in [7, 11) is 0. The average molecular weight is 326 g/mol. The average Bonchev–Trinajstić information content (AvgIpc) is 2.48. The van der Waals surface area contributed by atoms with Crippen molar-refractivity contribution in [3.05, 3.63) is 53.7 Å². The molecule has 0 aliphatic rings. The van der Waals surface area contributed by atoms with Crippen LogP contribution in [0, 0.1) is 6.92 Å². The molecule has 0 atom stereocenters. The zero-order valence-electron chi connectivity index (χ0n) is 15.2. The molecule has 4 nitrogen and oxygen atoms in total. The first-order chi connectivity index (χ1) is 11.3. The second-order valence-corrected chi connectivity index (χ2v) is 6.89. The number of rotatable bonds is 4. The molecule has 0 radical (unpaired) electrons. The standard InChI is InChI=1S/C20H26N2O2/c1-6-9-16-10-7-8-11-17(16)22(19(23)24-20(3,4)5)18-14-15(2)12-13-21-18/h7-8,10-14H,6,9H2,1-5H3. The number of pyridine rings is 1. The Morgan fingerprint density at radius 2 is 1.92 bits per heavy atom. The third-order valence-electron chi connectivity index (χ3n) is 3.46. The first kappa shape index (κ1) is 18.0. The quantitative estimate of drug-likeness (QED) is 0.754. The van der Waals surface area contributed by atoms with E-state index in [0.29, 0.717) is 5.82 Å². The molecule has 0 bridgehead atoms. The number of carbonyl (C=O) groups is 1. The zero-order chi connectivity index (χ0) is 17.7. The van der Waals surface area contributed by atoms with E-state index in [4.69, 9.17) is 4.74 Å². The van der Waals surface area contributed by atoms with Gasteiger partial charge in [0.2, 0.25) is 0 Å². The normalized spacial score (nSPS) is 11.2. The summed E-state index contributed by atoms with van der Waals surface area (Å²) >= 11 is 0. The van der Waals surface area contributed by atoms with Crippen LogP contribution < -0.4 is 4.90 Å². The van der Waals surface area contributed by atoms with Gasteiger partial charge in [0.05, 0.1) is 5.69 Å². The fourth-order valence-corrected chi connectivity index (χ4v) is 2.48. The molecule has 1 amide bonds. The van der Waals surface area contributed by atoms with Crippen LogP contribution in [0.15, 0.2) is 42.6 Å². The first-order valence-electron chi connectivity index (χ1n) is 8.35. The topological polar surface area (TPSA) is 42.4 Å². The molecule has 128 valence electrons. The Morgan fingerprint density at radius 3 is 2.54 bits per heavy atom. The Hall–Kier alpha value is -2.36. The molecule has 0 saturated carbocycles. The zero-order valence-corrected chi connectivity index (χ0v) is 15.2. The summed E-state index contributed by atoms with van der Waals surface area (Å²) in [5.74, 6) is 0.577. The van der Waals surface area contributed by atoms with Crippen molar-refractivity contribution >= 4 is 17.6 Å². The van der Waals surface area contributed by atoms with Crippen molar-refractivity contribution in [2.45, 2.75) is 53.1 Å². The molecular formula is C20H26N2O2. The van der Waals surface area contributed by atoms with Crippen molar-refractivity contribution in [2.75, 3.05) is 4.90 Å². The van der Waals surface area contributed by atoms with E-state index in [1.807, 2.05) is 64.1 Å². The fourth-order valence-electron chi connectivity index (χ4n) is 2.48. The first-order valence-corrected chi connectivity index (χ1v) is 8.35. The number of anilines is 2. The van der Waals surface area contributed by atoms with Crippen molar-refractivity contribution in [3.63, 3.8) is 0 Å². The van der Waals surface area contributed by atoms with Gasteiger partial charge in [-0.05, 0) is 63.4 Å². The maximum atomic E-state index is 12.9. The molecule has 1 aromatic carbocycles. The number of para-hydroxylation sites is 1. The molecule has 24 heavy (non-hydrogen) atoms. The lowest BCUT2D eigenvalue weighted by molar-refractivity contribution is 0.0598. The molecule has 2 aromatic rings. The van der Waals surface area contributed by atoms with Gasteiger partial charge in [-0.15, -0.1) is 0 Å². The predicted molar refractivity (Wildman–Crippen MR) is 97.8 cm³/mol. The molecule has 1 heterocycles. The van der Waals surface area contributed by atoms with Gasteiger partial charge in [-0.3, -0.25) is 0 Å². The van der Waals surface area contributed by atoms with Crippen LogP contribution in [0.1, 0.15) is 45.2 Å². The second-order valence-electron chi connectivity index (χ2n) is 6.89. The fraction of sp³-hybridized carbons (Fsp3) is 0.400. The number of aromatic nitrogens is 1. The Bertz CT molecular complexity index is 705. The van der Waals surface area contributed by atoms with Crippen LogP contribution in [0.2, 0.25) is 0 Å². The van der Waals surface area contributed by atoms with Gasteiger partial charge in [-0.2, -0.15) is 0 Å². The lowest BCUT2D eigenvalue weighted by atomic mass is 10.1. The van der Waals surface area contributed by atoms with E-state index in [0.717, 1.165) is 29.7 Å². The number of nitrogens with zero attached hydrogens (tertiary/aromatic N) is 2. The van der Waals surface area contributed by atoms with Crippen LogP contribution in [0.5, 0.6) is 0 Å². The van der Waals surface area contributed by atoms with Gasteiger partial charge in [-0.25, -0.2) is 14.7 Å². The van der Waals surface area contributed by atoms with Gasteiger partial charge in [0, 0.05) is 6.20 Å². The van der Waals surface area contributed by atoms with Gasteiger partial charge in [0.25, 0.3) is 0 Å². The van der Waals surface area contributed by atoms with Gasteiger partial charge in [-0.1, -0.05) is 31.5 Å². The molecular weight excluding hydrogens is 300 g/mol. The van der Waals surface area contributed by atoms with Gasteiger partial charge < -0.3 is 4.74 Å². The molecule has 0 unspecified atom stereocenters. The Balaban J connectivity index is 2.53. The number of ether oxygens (including phenoxy) is 1. The molecule has 0 saturated heterocycles. The molecule has 1 aromatic heterocycles. The van der Waals surface area contributed by atoms with Crippen LogP contribution in [-0.2, 0) is 11.2 Å². The van der Waals surface area contributed by atoms with E-state index in [1.165, 1.54) is 0 Å². The highest BCUT2D eigenvalue weighted by Gasteiger charge is 2.27. The van der Waals surface area contributed by atoms with E-state index in [9.17, 15) is 4.79 Å². The van der Waals surface area contributed by atoms with E-state index in [1.54, 1.807) is 11.1 Å². The van der Waals surface area contributed by atoms with E-state index in [-0.39, 0.29) is 0 Å². The number of amides is 1. The van der Waals surface area contributed by atoms with Crippen LogP contribution in [0.4, 0.5) is 16.3 Å². The van der Waals surface area contributed by atoms with E-state index in [2.05, 4.69) is 11.9 Å². The van der Waals surface area contributed by atoms with E-state index < -0.39 is 11.7 Å². The highest BCUT2D eigenvalue weighted by molar-refractivity contribution is 5.96. The third kappa shape index (κ3) is 4.57. The second kappa shape index (κ2) is 7.47. The van der Waals surface area contributed by atoms with Crippen molar-refractivity contribution in [2.24, 2.45) is 0 Å². The predicted octanol–water partition coefficient (Wildman–Crippen LogP) is 5.42. The summed E-state index contributed by atoms with van der Waals surface area (Å²) in [6, 6.07) is 11.7. The molecule has 4 heteroatoms. The number of hydrogen-bond acceptors (Lipinski definition) is 3. The molecule has 0 fully saturated rings. The van der Waals surface area contributed by atoms with Crippen LogP contribution in [0.25, 0.3) is 0 Å². The van der Waals surface area contributed by atoms with Crippen molar-refractivity contribution < 1.29 is 9.53 Å². The number of hydrogen-bond donors (Lipinski definition) is 0. The smallest absolute Gasteiger partial charge is 0.420 e. The van der Waals surface area contributed by atoms with Crippen LogP contribution in [-0.4, -0.2) is 16.7 Å². The van der Waals surface area contributed by atoms with Crippen molar-refractivity contribution in [1.29, 1.82) is 0 Å². The highest BCUT2D eigenvalue weighted by Crippen LogP contribution is 2.30. The van der Waals surface area contributed by atoms with E-state index >= 15 is 0 Å². The maximum Gasteiger partial charge on any atom is 0.420 e. The summed E-state index contributed by atoms with van der Waals surface area (Å²) in [6.07, 6.45) is 3.19. The molecule has 0 N–H and O–H groups in total. The lowest BCUT2D eigenvalue weighted by Crippen LogP contribution is -2.34. The summed E-state index contributed by atoms with van der Waals surface area (Å²) in [5.41, 5.74) is 2.40. The molecule has 2 rings (SSSR count). The number of carbonyl (C=O) groups excluding carboxylic acids is 1. The molecule has 0 aliphatic carbocycles. The monoisotopic (exact) mass is 326 g/mol. The SMILES string of the molecule is CCCc1ccccc1N(C(=O)OC(C)(C)C)c1cc(C)ccn1. The van der Waals surface area contributed by atoms with Crippen LogP contribution in [0.3, 0.4) is 0 Å². The van der Waals surface area contributed by atoms with Gasteiger partial charge in [0.15, 0.2) is 0 Å². The summed E-state index contributed by atoms with van der Waals surface area (Å²) in [4.78, 5) is 18.9. The number of benzene rings is 1. The largest absolute Gasteiger partial charge is 0.443 e. The van der Waals surface area contributed by atoms with Crippen LogP contribution >= 0.6 is 0 Å². The van der Waals surface area contributed by atoms with Gasteiger partial charge in [0.1, 0.15) is 11.4 Å². The summed E-state index contributed by atoms with van der Waals surface area (Å²) in [5, 5.41) is 0. The molecule has 0 aliphatic heterocycles. The minimum absolute atomic E-state index is 0.413. The lowest BCUT2D eigenvalue weighted by Gasteiger charge is -2.28. The highest BCUT2D eigenvalue weighted by atomic mass is 16.6. The molecule has 0 spiro atoms.